The molecule has 0 N–H and O–H groups in total. The number of hydrogen-bond donors (Lipinski definition) is 0. The molecule has 0 saturated heterocycles. The molecule has 4 nitrogen and oxygen atoms in total. The van der Waals surface area contributed by atoms with E-state index in [-0.39, 0.29) is 5.97 Å². The summed E-state index contributed by atoms with van der Waals surface area (Å²) < 4.78 is 5.44. The summed E-state index contributed by atoms with van der Waals surface area (Å²) in [5.41, 5.74) is 2.45. The minimum atomic E-state index is -0.193. The molecule has 1 saturated carbocycles. The molecule has 0 atom stereocenters. The standard InChI is InChI=1S/C32H48N2O2/c1-3-5-7-8-9-10-11-13-15-31(35)36-30-24-33-32(34-25-30)29-22-20-28(21-23-29)27-18-16-26(17-19-27)14-12-6-4-2/h20-27H,3-19H2,1-2H3. The molecule has 1 aromatic carbocycles. The summed E-state index contributed by atoms with van der Waals surface area (Å²) in [5.74, 6) is 2.53. The predicted octanol–water partition coefficient (Wildman–Crippen LogP) is 9.43. The van der Waals surface area contributed by atoms with Gasteiger partial charge in [0.25, 0.3) is 0 Å². The third-order valence-corrected chi connectivity index (χ3v) is 7.80. The van der Waals surface area contributed by atoms with Gasteiger partial charge >= 0.3 is 5.97 Å². The molecular weight excluding hydrogens is 444 g/mol. The fourth-order valence-electron chi connectivity index (χ4n) is 5.48. The van der Waals surface area contributed by atoms with Crippen LogP contribution in [0, 0.1) is 5.92 Å². The van der Waals surface area contributed by atoms with Gasteiger partial charge in [-0.2, -0.15) is 0 Å². The van der Waals surface area contributed by atoms with Crippen LogP contribution in [0.1, 0.15) is 134 Å². The fourth-order valence-corrected chi connectivity index (χ4v) is 5.48. The van der Waals surface area contributed by atoms with Gasteiger partial charge in [-0.05, 0) is 49.5 Å². The first-order chi connectivity index (χ1) is 17.7. The minimum absolute atomic E-state index is 0.193. The van der Waals surface area contributed by atoms with Gasteiger partial charge in [-0.15, -0.1) is 0 Å². The molecule has 0 spiro atoms. The maximum Gasteiger partial charge on any atom is 0.311 e. The molecule has 198 valence electrons. The highest BCUT2D eigenvalue weighted by molar-refractivity contribution is 5.72. The smallest absolute Gasteiger partial charge is 0.311 e. The molecule has 0 amide bonds. The van der Waals surface area contributed by atoms with Crippen molar-refractivity contribution in [2.75, 3.05) is 0 Å². The topological polar surface area (TPSA) is 52.1 Å². The van der Waals surface area contributed by atoms with Crippen LogP contribution >= 0.6 is 0 Å². The molecule has 0 aliphatic heterocycles. The van der Waals surface area contributed by atoms with Gasteiger partial charge in [0.15, 0.2) is 11.6 Å². The second kappa shape index (κ2) is 16.5. The number of benzene rings is 1. The lowest BCUT2D eigenvalue weighted by molar-refractivity contribution is -0.134. The third-order valence-electron chi connectivity index (χ3n) is 7.80. The van der Waals surface area contributed by atoms with Crippen molar-refractivity contribution in [2.45, 2.75) is 129 Å². The zero-order valence-corrected chi connectivity index (χ0v) is 22.9. The Morgan fingerprint density at radius 3 is 2.00 bits per heavy atom. The maximum absolute atomic E-state index is 12.1. The van der Waals surface area contributed by atoms with Crippen LogP contribution < -0.4 is 4.74 Å². The lowest BCUT2D eigenvalue weighted by Gasteiger charge is -2.29. The molecule has 2 aromatic rings. The van der Waals surface area contributed by atoms with Gasteiger partial charge in [-0.1, -0.05) is 109 Å². The number of unbranched alkanes of at least 4 members (excludes halogenated alkanes) is 9. The highest BCUT2D eigenvalue weighted by Gasteiger charge is 2.22. The SMILES string of the molecule is CCCCCCCCCCC(=O)Oc1cnc(-c2ccc(C3CCC(CCCCC)CC3)cc2)nc1. The summed E-state index contributed by atoms with van der Waals surface area (Å²) >= 11 is 0. The monoisotopic (exact) mass is 492 g/mol. The first-order valence-corrected chi connectivity index (χ1v) is 14.8. The van der Waals surface area contributed by atoms with Crippen LogP contribution in [0.4, 0.5) is 0 Å². The van der Waals surface area contributed by atoms with Crippen molar-refractivity contribution < 1.29 is 9.53 Å². The van der Waals surface area contributed by atoms with E-state index in [9.17, 15) is 4.79 Å². The van der Waals surface area contributed by atoms with Crippen molar-refractivity contribution in [1.29, 1.82) is 0 Å². The molecule has 36 heavy (non-hydrogen) atoms. The van der Waals surface area contributed by atoms with Gasteiger partial charge in [-0.25, -0.2) is 9.97 Å². The molecule has 1 heterocycles. The molecule has 0 radical (unpaired) electrons. The number of nitrogens with zero attached hydrogens (tertiary/aromatic N) is 2. The second-order valence-electron chi connectivity index (χ2n) is 10.8. The largest absolute Gasteiger partial charge is 0.423 e. The average molecular weight is 493 g/mol. The molecular formula is C32H48N2O2. The zero-order valence-electron chi connectivity index (χ0n) is 22.9. The van der Waals surface area contributed by atoms with E-state index in [1.54, 1.807) is 12.4 Å². The summed E-state index contributed by atoms with van der Waals surface area (Å²) in [6.07, 6.45) is 24.3. The normalized spacial score (nSPS) is 17.7. The summed E-state index contributed by atoms with van der Waals surface area (Å²) in [4.78, 5) is 21.0. The molecule has 1 fully saturated rings. The van der Waals surface area contributed by atoms with Crippen LogP contribution in [0.3, 0.4) is 0 Å². The van der Waals surface area contributed by atoms with Crippen molar-refractivity contribution in [3.63, 3.8) is 0 Å². The van der Waals surface area contributed by atoms with Crippen LogP contribution in [0.2, 0.25) is 0 Å². The van der Waals surface area contributed by atoms with Crippen molar-refractivity contribution in [3.8, 4) is 17.1 Å². The lowest BCUT2D eigenvalue weighted by Crippen LogP contribution is -2.13. The van der Waals surface area contributed by atoms with E-state index in [1.165, 1.54) is 95.5 Å². The van der Waals surface area contributed by atoms with Crippen LogP contribution in [-0.4, -0.2) is 15.9 Å². The Balaban J connectivity index is 1.37. The van der Waals surface area contributed by atoms with Gasteiger partial charge in [-0.3, -0.25) is 4.79 Å². The average Bonchev–Trinajstić information content (AvgIpc) is 2.91. The fraction of sp³-hybridized carbons (Fsp3) is 0.656. The Morgan fingerprint density at radius 1 is 0.778 bits per heavy atom. The number of esters is 1. The molecule has 1 aliphatic rings. The number of carbonyl (C=O) groups is 1. The first-order valence-electron chi connectivity index (χ1n) is 14.8. The highest BCUT2D eigenvalue weighted by atomic mass is 16.5. The van der Waals surface area contributed by atoms with Crippen LogP contribution in [0.5, 0.6) is 5.75 Å². The van der Waals surface area contributed by atoms with Gasteiger partial charge in [0, 0.05) is 12.0 Å². The van der Waals surface area contributed by atoms with Crippen LogP contribution in [-0.2, 0) is 4.79 Å². The van der Waals surface area contributed by atoms with E-state index >= 15 is 0 Å². The number of carbonyl (C=O) groups excluding carboxylic acids is 1. The molecule has 1 aromatic heterocycles. The maximum atomic E-state index is 12.1. The number of aromatic nitrogens is 2. The van der Waals surface area contributed by atoms with E-state index in [1.807, 2.05) is 0 Å². The number of rotatable bonds is 16. The Hall–Kier alpha value is -2.23. The van der Waals surface area contributed by atoms with Crippen molar-refractivity contribution in [1.82, 2.24) is 9.97 Å². The van der Waals surface area contributed by atoms with Crippen molar-refractivity contribution >= 4 is 5.97 Å². The van der Waals surface area contributed by atoms with E-state index in [2.05, 4.69) is 48.1 Å². The van der Waals surface area contributed by atoms with E-state index in [0.717, 1.165) is 24.3 Å². The van der Waals surface area contributed by atoms with Gasteiger partial charge in [0.05, 0.1) is 12.4 Å². The van der Waals surface area contributed by atoms with Crippen LogP contribution in [0.15, 0.2) is 36.7 Å². The predicted molar refractivity (Wildman–Crippen MR) is 149 cm³/mol. The van der Waals surface area contributed by atoms with Gasteiger partial charge in [0.1, 0.15) is 0 Å². The van der Waals surface area contributed by atoms with Gasteiger partial charge < -0.3 is 4.74 Å². The summed E-state index contributed by atoms with van der Waals surface area (Å²) in [5, 5.41) is 0. The molecule has 0 unspecified atom stereocenters. The Morgan fingerprint density at radius 2 is 1.36 bits per heavy atom. The van der Waals surface area contributed by atoms with Crippen LogP contribution in [0.25, 0.3) is 11.4 Å². The first kappa shape index (κ1) is 28.3. The molecule has 0 bridgehead atoms. The number of hydrogen-bond acceptors (Lipinski definition) is 4. The van der Waals surface area contributed by atoms with Gasteiger partial charge in [0.2, 0.25) is 0 Å². The molecule has 4 heteroatoms. The van der Waals surface area contributed by atoms with E-state index < -0.39 is 0 Å². The summed E-state index contributed by atoms with van der Waals surface area (Å²) in [7, 11) is 0. The number of ether oxygens (including phenoxy) is 1. The van der Waals surface area contributed by atoms with Crippen molar-refractivity contribution in [3.05, 3.63) is 42.2 Å². The third kappa shape index (κ3) is 10.0. The molecule has 1 aliphatic carbocycles. The molecule has 3 rings (SSSR count). The Bertz CT molecular complexity index is 855. The quantitative estimate of drug-likeness (QED) is 0.173. The van der Waals surface area contributed by atoms with E-state index in [4.69, 9.17) is 4.74 Å². The lowest BCUT2D eigenvalue weighted by atomic mass is 9.77. The highest BCUT2D eigenvalue weighted by Crippen LogP contribution is 2.38. The van der Waals surface area contributed by atoms with E-state index in [0.29, 0.717) is 23.9 Å². The second-order valence-corrected chi connectivity index (χ2v) is 10.8. The van der Waals surface area contributed by atoms with Crippen molar-refractivity contribution in [2.24, 2.45) is 5.92 Å². The zero-order chi connectivity index (χ0) is 25.4. The Kier molecular flexibility index (Phi) is 13.0. The summed E-state index contributed by atoms with van der Waals surface area (Å²) in [6.45, 7) is 4.52. The summed E-state index contributed by atoms with van der Waals surface area (Å²) in [6, 6.07) is 8.76. The minimum Gasteiger partial charge on any atom is -0.423 e. The Labute approximate surface area is 219 Å².